The van der Waals surface area contributed by atoms with Crippen LogP contribution in [0, 0.1) is 5.82 Å². The number of halogens is 1. The number of hydrogen-bond acceptors (Lipinski definition) is 3. The van der Waals surface area contributed by atoms with E-state index >= 15 is 0 Å². The summed E-state index contributed by atoms with van der Waals surface area (Å²) in [6.07, 6.45) is -0.817. The van der Waals surface area contributed by atoms with Gasteiger partial charge in [0.1, 0.15) is 5.82 Å². The molecule has 0 saturated heterocycles. The molecule has 4 heteroatoms. The maximum atomic E-state index is 13.1. The first kappa shape index (κ1) is 11.1. The first-order valence-electron chi connectivity index (χ1n) is 4.59. The fraction of sp³-hybridized carbons (Fsp3) is 0.400. The third kappa shape index (κ3) is 3.06. The van der Waals surface area contributed by atoms with E-state index in [2.05, 4.69) is 5.32 Å². The lowest BCUT2D eigenvalue weighted by Crippen LogP contribution is -2.27. The van der Waals surface area contributed by atoms with E-state index in [-0.39, 0.29) is 5.82 Å². The van der Waals surface area contributed by atoms with Crippen molar-refractivity contribution in [3.63, 3.8) is 0 Å². The van der Waals surface area contributed by atoms with Crippen molar-refractivity contribution in [2.75, 3.05) is 19.6 Å². The van der Waals surface area contributed by atoms with Crippen LogP contribution in [-0.2, 0) is 0 Å². The Morgan fingerprint density at radius 1 is 1.43 bits per heavy atom. The van der Waals surface area contributed by atoms with Crippen LogP contribution in [0.3, 0.4) is 0 Å². The molecule has 4 N–H and O–H groups in total. The quantitative estimate of drug-likeness (QED) is 0.600. The van der Waals surface area contributed by atoms with E-state index in [9.17, 15) is 9.50 Å². The maximum Gasteiger partial charge on any atom is 0.129 e. The molecule has 0 aliphatic heterocycles. The Labute approximate surface area is 82.7 Å². The second kappa shape index (κ2) is 5.70. The van der Waals surface area contributed by atoms with Gasteiger partial charge in [-0.2, -0.15) is 0 Å². The number of aliphatic hydroxyl groups excluding tert-OH is 1. The first-order chi connectivity index (χ1) is 6.75. The van der Waals surface area contributed by atoms with Crippen molar-refractivity contribution in [3.05, 3.63) is 35.6 Å². The summed E-state index contributed by atoms with van der Waals surface area (Å²) in [7, 11) is 0. The Morgan fingerprint density at radius 2 is 2.14 bits per heavy atom. The summed E-state index contributed by atoms with van der Waals surface area (Å²) in [5.41, 5.74) is 5.58. The predicted octanol–water partition coefficient (Wildman–Crippen LogP) is 0.407. The molecular weight excluding hydrogens is 183 g/mol. The van der Waals surface area contributed by atoms with E-state index in [0.29, 0.717) is 25.2 Å². The summed E-state index contributed by atoms with van der Waals surface area (Å²) < 4.78 is 13.1. The molecule has 0 spiro atoms. The molecule has 0 aromatic heterocycles. The Hall–Kier alpha value is -0.970. The summed E-state index contributed by atoms with van der Waals surface area (Å²) in [5, 5.41) is 12.5. The van der Waals surface area contributed by atoms with E-state index in [1.807, 2.05) is 0 Å². The van der Waals surface area contributed by atoms with Crippen LogP contribution >= 0.6 is 0 Å². The lowest BCUT2D eigenvalue weighted by molar-refractivity contribution is 0.170. The zero-order valence-electron chi connectivity index (χ0n) is 7.91. The molecule has 1 aromatic carbocycles. The summed E-state index contributed by atoms with van der Waals surface area (Å²) in [5.74, 6) is -0.380. The number of hydrogen-bond donors (Lipinski definition) is 3. The molecule has 0 heterocycles. The SMILES string of the molecule is NCCNCC(O)c1ccccc1F. The Kier molecular flexibility index (Phi) is 4.52. The van der Waals surface area contributed by atoms with Crippen molar-refractivity contribution < 1.29 is 9.50 Å². The number of nitrogens with one attached hydrogen (secondary N) is 1. The number of rotatable bonds is 5. The van der Waals surface area contributed by atoms with Gasteiger partial charge in [-0.15, -0.1) is 0 Å². The van der Waals surface area contributed by atoms with Crippen molar-refractivity contribution in [3.8, 4) is 0 Å². The third-order valence-electron chi connectivity index (χ3n) is 1.92. The highest BCUT2D eigenvalue weighted by atomic mass is 19.1. The minimum Gasteiger partial charge on any atom is -0.387 e. The van der Waals surface area contributed by atoms with Gasteiger partial charge in [0, 0.05) is 25.2 Å². The monoisotopic (exact) mass is 198 g/mol. The minimum atomic E-state index is -0.817. The zero-order chi connectivity index (χ0) is 10.4. The topological polar surface area (TPSA) is 58.3 Å². The smallest absolute Gasteiger partial charge is 0.129 e. The average molecular weight is 198 g/mol. The lowest BCUT2D eigenvalue weighted by atomic mass is 10.1. The fourth-order valence-corrected chi connectivity index (χ4v) is 1.20. The van der Waals surface area contributed by atoms with Gasteiger partial charge >= 0.3 is 0 Å². The second-order valence-electron chi connectivity index (χ2n) is 3.03. The summed E-state index contributed by atoms with van der Waals surface area (Å²) in [4.78, 5) is 0. The van der Waals surface area contributed by atoms with Gasteiger partial charge in [-0.25, -0.2) is 4.39 Å². The maximum absolute atomic E-state index is 13.1. The Bertz CT molecular complexity index is 281. The van der Waals surface area contributed by atoms with Gasteiger partial charge in [-0.3, -0.25) is 0 Å². The number of benzene rings is 1. The van der Waals surface area contributed by atoms with Crippen LogP contribution in [0.25, 0.3) is 0 Å². The molecule has 1 atom stereocenters. The van der Waals surface area contributed by atoms with E-state index < -0.39 is 6.10 Å². The van der Waals surface area contributed by atoms with E-state index in [1.54, 1.807) is 18.2 Å². The van der Waals surface area contributed by atoms with Gasteiger partial charge < -0.3 is 16.2 Å². The minimum absolute atomic E-state index is 0.317. The molecule has 1 unspecified atom stereocenters. The van der Waals surface area contributed by atoms with E-state index in [0.717, 1.165) is 0 Å². The zero-order valence-corrected chi connectivity index (χ0v) is 7.91. The van der Waals surface area contributed by atoms with Crippen LogP contribution in [0.15, 0.2) is 24.3 Å². The molecule has 0 aliphatic rings. The Balaban J connectivity index is 2.51. The molecule has 0 fully saturated rings. The van der Waals surface area contributed by atoms with Gasteiger partial charge in [0.2, 0.25) is 0 Å². The molecule has 3 nitrogen and oxygen atoms in total. The van der Waals surface area contributed by atoms with E-state index in [4.69, 9.17) is 5.73 Å². The van der Waals surface area contributed by atoms with Crippen LogP contribution in [0.5, 0.6) is 0 Å². The summed E-state index contributed by atoms with van der Waals surface area (Å²) in [6, 6.07) is 6.20. The van der Waals surface area contributed by atoms with Gasteiger partial charge in [0.15, 0.2) is 0 Å². The highest BCUT2D eigenvalue weighted by Crippen LogP contribution is 2.15. The lowest BCUT2D eigenvalue weighted by Gasteiger charge is -2.12. The fourth-order valence-electron chi connectivity index (χ4n) is 1.20. The Morgan fingerprint density at radius 3 is 2.79 bits per heavy atom. The molecule has 0 amide bonds. The molecular formula is C10H15FN2O. The summed E-state index contributed by atoms with van der Waals surface area (Å²) >= 11 is 0. The van der Waals surface area contributed by atoms with Crippen LogP contribution in [0.2, 0.25) is 0 Å². The molecule has 1 rings (SSSR count). The van der Waals surface area contributed by atoms with Gasteiger partial charge in [0.05, 0.1) is 6.10 Å². The second-order valence-corrected chi connectivity index (χ2v) is 3.03. The normalized spacial score (nSPS) is 12.8. The van der Waals surface area contributed by atoms with Crippen molar-refractivity contribution in [2.24, 2.45) is 5.73 Å². The number of aliphatic hydroxyl groups is 1. The van der Waals surface area contributed by atoms with Gasteiger partial charge in [-0.05, 0) is 6.07 Å². The van der Waals surface area contributed by atoms with Crippen LogP contribution < -0.4 is 11.1 Å². The van der Waals surface area contributed by atoms with Crippen LogP contribution in [0.4, 0.5) is 4.39 Å². The summed E-state index contributed by atoms with van der Waals surface area (Å²) in [6.45, 7) is 1.44. The van der Waals surface area contributed by atoms with Crippen molar-refractivity contribution in [2.45, 2.75) is 6.10 Å². The van der Waals surface area contributed by atoms with Crippen molar-refractivity contribution >= 4 is 0 Å². The highest BCUT2D eigenvalue weighted by molar-refractivity contribution is 5.19. The first-order valence-corrected chi connectivity index (χ1v) is 4.59. The van der Waals surface area contributed by atoms with Gasteiger partial charge in [-0.1, -0.05) is 18.2 Å². The van der Waals surface area contributed by atoms with Gasteiger partial charge in [0.25, 0.3) is 0 Å². The standard InChI is InChI=1S/C10H15FN2O/c11-9-4-2-1-3-8(9)10(14)7-13-6-5-12/h1-4,10,13-14H,5-7,12H2. The molecule has 78 valence electrons. The molecule has 0 bridgehead atoms. The predicted molar refractivity (Wildman–Crippen MR) is 53.3 cm³/mol. The average Bonchev–Trinajstić information content (AvgIpc) is 2.18. The highest BCUT2D eigenvalue weighted by Gasteiger charge is 2.10. The molecule has 0 saturated carbocycles. The van der Waals surface area contributed by atoms with Crippen molar-refractivity contribution in [1.82, 2.24) is 5.32 Å². The molecule has 0 aliphatic carbocycles. The molecule has 0 radical (unpaired) electrons. The van der Waals surface area contributed by atoms with E-state index in [1.165, 1.54) is 6.07 Å². The van der Waals surface area contributed by atoms with Crippen LogP contribution in [-0.4, -0.2) is 24.7 Å². The van der Waals surface area contributed by atoms with Crippen LogP contribution in [0.1, 0.15) is 11.7 Å². The molecule has 14 heavy (non-hydrogen) atoms. The molecule has 1 aromatic rings. The number of nitrogens with two attached hydrogens (primary N) is 1. The largest absolute Gasteiger partial charge is 0.387 e. The van der Waals surface area contributed by atoms with Crippen molar-refractivity contribution in [1.29, 1.82) is 0 Å². The third-order valence-corrected chi connectivity index (χ3v) is 1.92.